The van der Waals surface area contributed by atoms with E-state index < -0.39 is 5.60 Å². The number of hydrogen-bond donors (Lipinski definition) is 2. The van der Waals surface area contributed by atoms with Gasteiger partial charge in [0.15, 0.2) is 0 Å². The highest BCUT2D eigenvalue weighted by Gasteiger charge is 2.26. The number of anilines is 1. The molecule has 1 aliphatic rings. The van der Waals surface area contributed by atoms with Crippen molar-refractivity contribution in [1.82, 2.24) is 10.3 Å². The number of fused-ring (bicyclic) bond motifs is 1. The zero-order chi connectivity index (χ0) is 18.7. The van der Waals surface area contributed by atoms with Crippen LogP contribution in [0.15, 0.2) is 30.6 Å². The predicted octanol–water partition coefficient (Wildman–Crippen LogP) is 4.03. The van der Waals surface area contributed by atoms with E-state index >= 15 is 0 Å². The van der Waals surface area contributed by atoms with Crippen LogP contribution in [0.1, 0.15) is 46.5 Å². The molecule has 0 bridgehead atoms. The smallest absolute Gasteiger partial charge is 0.407 e. The monoisotopic (exact) mass is 357 g/mol. The summed E-state index contributed by atoms with van der Waals surface area (Å²) in [4.78, 5) is 16.0. The molecule has 6 heteroatoms. The van der Waals surface area contributed by atoms with E-state index in [1.807, 2.05) is 39.0 Å². The van der Waals surface area contributed by atoms with Crippen molar-refractivity contribution in [1.29, 1.82) is 0 Å². The molecule has 3 N–H and O–H groups in total. The summed E-state index contributed by atoms with van der Waals surface area (Å²) in [7, 11) is 0. The van der Waals surface area contributed by atoms with Crippen LogP contribution < -0.4 is 15.8 Å². The maximum Gasteiger partial charge on any atom is 0.407 e. The molecule has 1 heterocycles. The topological polar surface area (TPSA) is 86.5 Å². The lowest BCUT2D eigenvalue weighted by molar-refractivity contribution is 0.0471. The number of aromatic nitrogens is 1. The second-order valence-corrected chi connectivity index (χ2v) is 7.82. The van der Waals surface area contributed by atoms with E-state index in [4.69, 9.17) is 15.2 Å². The van der Waals surface area contributed by atoms with E-state index in [1.165, 1.54) is 0 Å². The first-order chi connectivity index (χ1) is 12.3. The molecule has 0 aliphatic heterocycles. The van der Waals surface area contributed by atoms with Crippen molar-refractivity contribution in [3.63, 3.8) is 0 Å². The number of nitrogen functional groups attached to an aromatic ring is 1. The van der Waals surface area contributed by atoms with Crippen LogP contribution in [0.4, 0.5) is 10.5 Å². The largest absolute Gasteiger partial charge is 0.490 e. The lowest BCUT2D eigenvalue weighted by Gasteiger charge is -2.30. The maximum atomic E-state index is 11.9. The third-order valence-electron chi connectivity index (χ3n) is 4.46. The van der Waals surface area contributed by atoms with Gasteiger partial charge in [0.2, 0.25) is 0 Å². The number of benzene rings is 1. The molecule has 0 saturated heterocycles. The predicted molar refractivity (Wildman–Crippen MR) is 102 cm³/mol. The first-order valence-electron chi connectivity index (χ1n) is 9.10. The Balaban J connectivity index is 1.57. The Bertz CT molecular complexity index is 772. The minimum atomic E-state index is -0.479. The molecule has 1 aliphatic carbocycles. The number of amides is 1. The lowest BCUT2D eigenvalue weighted by Crippen LogP contribution is -2.42. The SMILES string of the molecule is CC(C)(C)OC(=O)NC1CCC(Oc2cccc3cncc(N)c23)CC1. The summed E-state index contributed by atoms with van der Waals surface area (Å²) in [6, 6.07) is 6.01. The van der Waals surface area contributed by atoms with Gasteiger partial charge in [-0.1, -0.05) is 12.1 Å². The van der Waals surface area contributed by atoms with E-state index in [0.717, 1.165) is 42.2 Å². The van der Waals surface area contributed by atoms with Gasteiger partial charge < -0.3 is 20.5 Å². The van der Waals surface area contributed by atoms with Crippen molar-refractivity contribution in [2.75, 3.05) is 5.73 Å². The fraction of sp³-hybridized carbons (Fsp3) is 0.500. The van der Waals surface area contributed by atoms with Crippen LogP contribution in [0.2, 0.25) is 0 Å². The normalized spacial score (nSPS) is 20.6. The quantitative estimate of drug-likeness (QED) is 0.866. The number of pyridine rings is 1. The van der Waals surface area contributed by atoms with E-state index in [2.05, 4.69) is 10.3 Å². The van der Waals surface area contributed by atoms with Crippen molar-refractivity contribution in [2.24, 2.45) is 0 Å². The Kier molecular flexibility index (Phi) is 5.20. The molecule has 26 heavy (non-hydrogen) atoms. The van der Waals surface area contributed by atoms with E-state index in [1.54, 1.807) is 12.4 Å². The van der Waals surface area contributed by atoms with Crippen molar-refractivity contribution in [2.45, 2.75) is 64.2 Å². The van der Waals surface area contributed by atoms with Gasteiger partial charge in [-0.2, -0.15) is 0 Å². The molecule has 3 rings (SSSR count). The highest BCUT2D eigenvalue weighted by molar-refractivity contribution is 5.96. The summed E-state index contributed by atoms with van der Waals surface area (Å²) < 4.78 is 11.6. The van der Waals surface area contributed by atoms with Crippen LogP contribution in [-0.4, -0.2) is 28.8 Å². The molecule has 1 aromatic carbocycles. The summed E-state index contributed by atoms with van der Waals surface area (Å²) in [6.07, 6.45) is 6.69. The molecule has 1 amide bonds. The maximum absolute atomic E-state index is 11.9. The molecular formula is C20H27N3O3. The zero-order valence-corrected chi connectivity index (χ0v) is 15.6. The molecule has 0 spiro atoms. The Morgan fingerprint density at radius 2 is 1.92 bits per heavy atom. The highest BCUT2D eigenvalue weighted by Crippen LogP contribution is 2.32. The number of rotatable bonds is 3. The van der Waals surface area contributed by atoms with Gasteiger partial charge in [0, 0.05) is 23.0 Å². The number of alkyl carbamates (subject to hydrolysis) is 1. The number of nitrogens with two attached hydrogens (primary N) is 1. The van der Waals surface area contributed by atoms with Crippen LogP contribution in [0.25, 0.3) is 10.8 Å². The number of ether oxygens (including phenoxy) is 2. The number of carbonyl (C=O) groups is 1. The molecule has 1 saturated carbocycles. The van der Waals surface area contributed by atoms with E-state index in [9.17, 15) is 4.79 Å². The molecular weight excluding hydrogens is 330 g/mol. The molecule has 2 aromatic rings. The third-order valence-corrected chi connectivity index (χ3v) is 4.46. The lowest BCUT2D eigenvalue weighted by atomic mass is 9.93. The number of nitrogens with one attached hydrogen (secondary N) is 1. The summed E-state index contributed by atoms with van der Waals surface area (Å²) in [6.45, 7) is 5.59. The van der Waals surface area contributed by atoms with Gasteiger partial charge in [0.1, 0.15) is 11.4 Å². The van der Waals surface area contributed by atoms with Crippen molar-refractivity contribution >= 4 is 22.6 Å². The fourth-order valence-corrected chi connectivity index (χ4v) is 3.30. The van der Waals surface area contributed by atoms with Crippen LogP contribution in [0.3, 0.4) is 0 Å². The van der Waals surface area contributed by atoms with Gasteiger partial charge in [-0.15, -0.1) is 0 Å². The first kappa shape index (κ1) is 18.3. The molecule has 0 unspecified atom stereocenters. The fourth-order valence-electron chi connectivity index (χ4n) is 3.30. The van der Waals surface area contributed by atoms with Gasteiger partial charge in [-0.05, 0) is 52.5 Å². The minimum Gasteiger partial charge on any atom is -0.490 e. The standard InChI is InChI=1S/C20H27N3O3/c1-20(2,3)26-19(24)23-14-7-9-15(10-8-14)25-17-6-4-5-13-11-22-12-16(21)18(13)17/h4-6,11-12,14-15H,7-10,21H2,1-3H3,(H,23,24). The molecule has 1 fully saturated rings. The van der Waals surface area contributed by atoms with Crippen LogP contribution in [-0.2, 0) is 4.74 Å². The van der Waals surface area contributed by atoms with E-state index in [0.29, 0.717) is 5.69 Å². The zero-order valence-electron chi connectivity index (χ0n) is 15.6. The van der Waals surface area contributed by atoms with Gasteiger partial charge in [-0.25, -0.2) is 4.79 Å². The summed E-state index contributed by atoms with van der Waals surface area (Å²) >= 11 is 0. The van der Waals surface area contributed by atoms with Crippen molar-refractivity contribution in [3.8, 4) is 5.75 Å². The van der Waals surface area contributed by atoms with Crippen LogP contribution in [0, 0.1) is 0 Å². The molecule has 1 aromatic heterocycles. The average molecular weight is 357 g/mol. The molecule has 6 nitrogen and oxygen atoms in total. The van der Waals surface area contributed by atoms with Gasteiger partial charge in [-0.3, -0.25) is 4.98 Å². The highest BCUT2D eigenvalue weighted by atomic mass is 16.6. The second-order valence-electron chi connectivity index (χ2n) is 7.82. The van der Waals surface area contributed by atoms with Gasteiger partial charge >= 0.3 is 6.09 Å². The van der Waals surface area contributed by atoms with Crippen molar-refractivity contribution < 1.29 is 14.3 Å². The third kappa shape index (κ3) is 4.56. The van der Waals surface area contributed by atoms with E-state index in [-0.39, 0.29) is 18.2 Å². The average Bonchev–Trinajstić information content (AvgIpc) is 2.55. The van der Waals surface area contributed by atoms with Gasteiger partial charge in [0.05, 0.1) is 18.0 Å². The first-order valence-corrected chi connectivity index (χ1v) is 9.10. The van der Waals surface area contributed by atoms with Crippen LogP contribution in [0.5, 0.6) is 5.75 Å². The molecule has 140 valence electrons. The summed E-state index contributed by atoms with van der Waals surface area (Å²) in [5.74, 6) is 0.797. The molecule has 0 atom stereocenters. The van der Waals surface area contributed by atoms with Gasteiger partial charge in [0.25, 0.3) is 0 Å². The number of nitrogens with zero attached hydrogens (tertiary/aromatic N) is 1. The summed E-state index contributed by atoms with van der Waals surface area (Å²) in [5, 5.41) is 4.84. The van der Waals surface area contributed by atoms with Crippen molar-refractivity contribution in [3.05, 3.63) is 30.6 Å². The summed E-state index contributed by atoms with van der Waals surface area (Å²) in [5.41, 5.74) is 6.23. The Hall–Kier alpha value is -2.50. The second kappa shape index (κ2) is 7.40. The Labute approximate surface area is 154 Å². The van der Waals surface area contributed by atoms with Crippen LogP contribution >= 0.6 is 0 Å². The number of carbonyl (C=O) groups excluding carboxylic acids is 1. The molecule has 0 radical (unpaired) electrons. The Morgan fingerprint density at radius 1 is 1.19 bits per heavy atom. The minimum absolute atomic E-state index is 0.116. The Morgan fingerprint density at radius 3 is 2.62 bits per heavy atom. The number of hydrogen-bond acceptors (Lipinski definition) is 5.